The highest BCUT2D eigenvalue weighted by molar-refractivity contribution is 6.31. The molecule has 5 nitrogen and oxygen atoms in total. The normalized spacial score (nSPS) is 21.0. The van der Waals surface area contributed by atoms with Gasteiger partial charge in [-0.25, -0.2) is 0 Å². The average Bonchev–Trinajstić information content (AvgIpc) is 2.64. The van der Waals surface area contributed by atoms with E-state index >= 15 is 0 Å². The van der Waals surface area contributed by atoms with Gasteiger partial charge in [0.1, 0.15) is 0 Å². The molecule has 1 heterocycles. The molecular weight excluding hydrogens is 268 g/mol. The number of hydrogen-bond donors (Lipinski definition) is 2. The number of imide groups is 1. The molecule has 1 aromatic carbocycles. The lowest BCUT2D eigenvalue weighted by Gasteiger charge is -2.16. The summed E-state index contributed by atoms with van der Waals surface area (Å²) in [5.41, 5.74) is 0.599. The van der Waals surface area contributed by atoms with Crippen molar-refractivity contribution in [3.8, 4) is 0 Å². The summed E-state index contributed by atoms with van der Waals surface area (Å²) in [6, 6.07) is 6.41. The van der Waals surface area contributed by atoms with Crippen LogP contribution in [0.3, 0.4) is 0 Å². The predicted octanol–water partition coefficient (Wildman–Crippen LogP) is 0.720. The van der Waals surface area contributed by atoms with Gasteiger partial charge in [-0.05, 0) is 6.07 Å². The summed E-state index contributed by atoms with van der Waals surface area (Å²) < 4.78 is 0. The van der Waals surface area contributed by atoms with E-state index in [-0.39, 0.29) is 24.8 Å². The topological polar surface area (TPSA) is 69.6 Å². The number of benzene rings is 1. The van der Waals surface area contributed by atoms with Gasteiger partial charge in [-0.1, -0.05) is 29.8 Å². The van der Waals surface area contributed by atoms with E-state index < -0.39 is 12.1 Å². The Hall–Kier alpha value is -1.43. The van der Waals surface area contributed by atoms with Crippen LogP contribution in [-0.2, 0) is 9.59 Å². The molecule has 1 aliphatic heterocycles. The molecule has 0 saturated carbocycles. The fraction of sp³-hybridized carbons (Fsp3) is 0.385. The number of halogens is 1. The van der Waals surface area contributed by atoms with Gasteiger partial charge in [0.15, 0.2) is 0 Å². The second-order valence-electron chi connectivity index (χ2n) is 4.49. The molecule has 1 saturated heterocycles. The molecular formula is C13H15ClN2O3. The Bertz CT molecular complexity index is 506. The number of likely N-dealkylation sites (tertiary alicyclic amines) is 1. The minimum absolute atomic E-state index is 0.130. The maximum absolute atomic E-state index is 11.7. The molecule has 1 aromatic rings. The zero-order valence-corrected chi connectivity index (χ0v) is 11.2. The first-order valence-corrected chi connectivity index (χ1v) is 6.34. The van der Waals surface area contributed by atoms with E-state index in [0.29, 0.717) is 10.6 Å². The summed E-state index contributed by atoms with van der Waals surface area (Å²) in [4.78, 5) is 24.1. The summed E-state index contributed by atoms with van der Waals surface area (Å²) in [6.45, 7) is 0.168. The third-order valence-electron chi connectivity index (χ3n) is 3.20. The van der Waals surface area contributed by atoms with Gasteiger partial charge >= 0.3 is 0 Å². The second-order valence-corrected chi connectivity index (χ2v) is 4.90. The van der Waals surface area contributed by atoms with E-state index in [4.69, 9.17) is 11.6 Å². The van der Waals surface area contributed by atoms with E-state index in [2.05, 4.69) is 5.32 Å². The van der Waals surface area contributed by atoms with Crippen molar-refractivity contribution in [3.63, 3.8) is 0 Å². The van der Waals surface area contributed by atoms with E-state index in [0.717, 1.165) is 4.90 Å². The first-order chi connectivity index (χ1) is 9.00. The van der Waals surface area contributed by atoms with Crippen LogP contribution < -0.4 is 5.32 Å². The minimum atomic E-state index is -0.817. The summed E-state index contributed by atoms with van der Waals surface area (Å²) in [6.07, 6.45) is -0.688. The van der Waals surface area contributed by atoms with Crippen molar-refractivity contribution < 1.29 is 14.7 Å². The Balaban J connectivity index is 1.95. The highest BCUT2D eigenvalue weighted by Crippen LogP contribution is 2.22. The third-order valence-corrected chi connectivity index (χ3v) is 3.55. The molecule has 2 amide bonds. The summed E-state index contributed by atoms with van der Waals surface area (Å²) in [5.74, 6) is -0.480. The van der Waals surface area contributed by atoms with Crippen LogP contribution in [0.15, 0.2) is 24.3 Å². The van der Waals surface area contributed by atoms with Gasteiger partial charge < -0.3 is 10.4 Å². The van der Waals surface area contributed by atoms with Gasteiger partial charge in [0, 0.05) is 24.2 Å². The Morgan fingerprint density at radius 2 is 2.16 bits per heavy atom. The van der Waals surface area contributed by atoms with Gasteiger partial charge in [0.2, 0.25) is 11.8 Å². The van der Waals surface area contributed by atoms with Crippen LogP contribution in [-0.4, -0.2) is 41.5 Å². The number of hydrogen-bond acceptors (Lipinski definition) is 4. The van der Waals surface area contributed by atoms with Gasteiger partial charge in [-0.15, -0.1) is 0 Å². The smallest absolute Gasteiger partial charge is 0.246 e. The van der Waals surface area contributed by atoms with Crippen molar-refractivity contribution in [1.82, 2.24) is 10.2 Å². The number of aliphatic hydroxyl groups excluding tert-OH is 1. The van der Waals surface area contributed by atoms with Gasteiger partial charge in [-0.3, -0.25) is 14.5 Å². The zero-order chi connectivity index (χ0) is 14.0. The van der Waals surface area contributed by atoms with Gasteiger partial charge in [0.05, 0.1) is 18.6 Å². The molecule has 6 heteroatoms. The Morgan fingerprint density at radius 3 is 2.74 bits per heavy atom. The van der Waals surface area contributed by atoms with Crippen LogP contribution in [0.4, 0.5) is 0 Å². The molecule has 102 valence electrons. The average molecular weight is 283 g/mol. The quantitative estimate of drug-likeness (QED) is 0.799. The van der Waals surface area contributed by atoms with Gasteiger partial charge in [0.25, 0.3) is 0 Å². The molecule has 2 N–H and O–H groups in total. The fourth-order valence-corrected chi connectivity index (χ4v) is 2.29. The molecule has 1 aliphatic rings. The number of amides is 2. The van der Waals surface area contributed by atoms with E-state index in [1.165, 1.54) is 7.05 Å². The van der Waals surface area contributed by atoms with E-state index in [1.807, 2.05) is 0 Å². The number of carbonyl (C=O) groups excluding carboxylic acids is 2. The SMILES string of the molecule is CN1C(=O)CC(NCC(O)c2ccccc2Cl)C1=O. The molecule has 0 bridgehead atoms. The second kappa shape index (κ2) is 5.69. The molecule has 2 atom stereocenters. The molecule has 19 heavy (non-hydrogen) atoms. The van der Waals surface area contributed by atoms with Crippen molar-refractivity contribution in [2.75, 3.05) is 13.6 Å². The Labute approximate surface area is 116 Å². The Morgan fingerprint density at radius 1 is 1.47 bits per heavy atom. The van der Waals surface area contributed by atoms with Gasteiger partial charge in [-0.2, -0.15) is 0 Å². The van der Waals surface area contributed by atoms with Crippen molar-refractivity contribution in [3.05, 3.63) is 34.9 Å². The lowest BCUT2D eigenvalue weighted by atomic mass is 10.1. The lowest BCUT2D eigenvalue weighted by molar-refractivity contribution is -0.137. The third kappa shape index (κ3) is 2.94. The highest BCUT2D eigenvalue weighted by Gasteiger charge is 2.35. The predicted molar refractivity (Wildman–Crippen MR) is 70.6 cm³/mol. The summed E-state index contributed by atoms with van der Waals surface area (Å²) >= 11 is 5.97. The number of rotatable bonds is 4. The highest BCUT2D eigenvalue weighted by atomic mass is 35.5. The minimum Gasteiger partial charge on any atom is -0.387 e. The monoisotopic (exact) mass is 282 g/mol. The number of likely N-dealkylation sites (N-methyl/N-ethyl adjacent to an activating group) is 1. The Kier molecular flexibility index (Phi) is 4.19. The first-order valence-electron chi connectivity index (χ1n) is 5.97. The van der Waals surface area contributed by atoms with Crippen LogP contribution in [0.1, 0.15) is 18.1 Å². The van der Waals surface area contributed by atoms with Crippen LogP contribution >= 0.6 is 11.6 Å². The summed E-state index contributed by atoms with van der Waals surface area (Å²) in [7, 11) is 1.46. The lowest BCUT2D eigenvalue weighted by Crippen LogP contribution is -2.39. The van der Waals surface area contributed by atoms with Crippen LogP contribution in [0.2, 0.25) is 5.02 Å². The summed E-state index contributed by atoms with van der Waals surface area (Å²) in [5, 5.41) is 13.4. The molecule has 0 aromatic heterocycles. The first kappa shape index (κ1) is 14.0. The molecule has 2 unspecified atom stereocenters. The molecule has 2 rings (SSSR count). The van der Waals surface area contributed by atoms with Crippen molar-refractivity contribution in [2.24, 2.45) is 0 Å². The number of nitrogens with zero attached hydrogens (tertiary/aromatic N) is 1. The largest absolute Gasteiger partial charge is 0.387 e. The van der Waals surface area contributed by atoms with Crippen LogP contribution in [0.25, 0.3) is 0 Å². The van der Waals surface area contributed by atoms with Crippen molar-refractivity contribution in [1.29, 1.82) is 0 Å². The van der Waals surface area contributed by atoms with E-state index in [1.54, 1.807) is 24.3 Å². The van der Waals surface area contributed by atoms with Crippen molar-refractivity contribution in [2.45, 2.75) is 18.6 Å². The zero-order valence-electron chi connectivity index (χ0n) is 10.5. The van der Waals surface area contributed by atoms with Crippen LogP contribution in [0, 0.1) is 0 Å². The standard InChI is InChI=1S/C13H15ClN2O3/c1-16-12(18)6-10(13(16)19)15-7-11(17)8-4-2-3-5-9(8)14/h2-5,10-11,15,17H,6-7H2,1H3. The maximum Gasteiger partial charge on any atom is 0.246 e. The van der Waals surface area contributed by atoms with E-state index in [9.17, 15) is 14.7 Å². The van der Waals surface area contributed by atoms with Crippen LogP contribution in [0.5, 0.6) is 0 Å². The number of carbonyl (C=O) groups is 2. The molecule has 0 aliphatic carbocycles. The number of nitrogens with one attached hydrogen (secondary N) is 1. The molecule has 1 fully saturated rings. The fourth-order valence-electron chi connectivity index (χ4n) is 2.02. The van der Waals surface area contributed by atoms with Crippen molar-refractivity contribution >= 4 is 23.4 Å². The molecule has 0 spiro atoms. The maximum atomic E-state index is 11.7. The molecule has 0 radical (unpaired) electrons. The number of aliphatic hydroxyl groups is 1.